The average molecular weight is 491 g/mol. The summed E-state index contributed by atoms with van der Waals surface area (Å²) in [7, 11) is 2.00. The van der Waals surface area contributed by atoms with Crippen LogP contribution in [0.2, 0.25) is 4.34 Å². The number of aryl methyl sites for hydroxylation is 1. The van der Waals surface area contributed by atoms with Gasteiger partial charge in [0.25, 0.3) is 11.8 Å². The van der Waals surface area contributed by atoms with Crippen molar-refractivity contribution in [1.82, 2.24) is 10.2 Å². The molecule has 1 aromatic heterocycles. The molecule has 8 nitrogen and oxygen atoms in total. The number of piperidine rings is 1. The lowest BCUT2D eigenvalue weighted by atomic mass is 9.86. The number of amides is 3. The molecule has 0 radical (unpaired) electrons. The molecule has 2 saturated heterocycles. The quantitative estimate of drug-likeness (QED) is 0.672. The van der Waals surface area contributed by atoms with Crippen LogP contribution in [0.4, 0.5) is 11.4 Å². The van der Waals surface area contributed by atoms with Crippen molar-refractivity contribution in [2.24, 2.45) is 0 Å². The van der Waals surface area contributed by atoms with Crippen LogP contribution in [0, 0.1) is 6.92 Å². The standard InChI is InChI=1S/C23H27ClN4O4S/c1-15-13-16(3-4-17(15)28-11-12-32-14-20(28)29)25-22(31)23(7-9-27(2)10-8-23)26-21(30)18-5-6-19(24)33-18/h3-6,13H,7-12,14H2,1-2H3,(H,25,31)(H,26,30). The normalized spacial score (nSPS) is 18.8. The van der Waals surface area contributed by atoms with Crippen LogP contribution >= 0.6 is 22.9 Å². The third kappa shape index (κ3) is 5.22. The third-order valence-corrected chi connectivity index (χ3v) is 7.39. The maximum Gasteiger partial charge on any atom is 0.262 e. The number of carbonyl (C=O) groups is 3. The molecule has 4 rings (SSSR count). The van der Waals surface area contributed by atoms with Gasteiger partial charge in [0.15, 0.2) is 0 Å². The number of hydrogen-bond donors (Lipinski definition) is 2. The molecule has 2 fully saturated rings. The Morgan fingerprint density at radius 2 is 1.91 bits per heavy atom. The number of rotatable bonds is 5. The molecule has 2 N–H and O–H groups in total. The summed E-state index contributed by atoms with van der Waals surface area (Å²) < 4.78 is 5.73. The van der Waals surface area contributed by atoms with E-state index in [1.54, 1.807) is 23.1 Å². The monoisotopic (exact) mass is 490 g/mol. The molecule has 2 aliphatic heterocycles. The van der Waals surface area contributed by atoms with Crippen LogP contribution in [0.25, 0.3) is 0 Å². The Hall–Kier alpha value is -2.46. The number of morpholine rings is 1. The number of ether oxygens (including phenoxy) is 1. The molecule has 0 bridgehead atoms. The SMILES string of the molecule is Cc1cc(NC(=O)C2(NC(=O)c3ccc(Cl)s3)CCN(C)CC2)ccc1N1CCOCC1=O. The van der Waals surface area contributed by atoms with Gasteiger partial charge in [0.1, 0.15) is 12.1 Å². The summed E-state index contributed by atoms with van der Waals surface area (Å²) in [5, 5.41) is 5.98. The smallest absolute Gasteiger partial charge is 0.262 e. The molecule has 0 aliphatic carbocycles. The van der Waals surface area contributed by atoms with E-state index in [4.69, 9.17) is 16.3 Å². The molecular formula is C23H27ClN4O4S. The summed E-state index contributed by atoms with van der Waals surface area (Å²) in [6.45, 7) is 4.36. The van der Waals surface area contributed by atoms with E-state index in [9.17, 15) is 14.4 Å². The van der Waals surface area contributed by atoms with E-state index < -0.39 is 5.54 Å². The number of benzene rings is 1. The van der Waals surface area contributed by atoms with E-state index in [1.807, 2.05) is 26.1 Å². The zero-order valence-corrected chi connectivity index (χ0v) is 20.2. The number of halogens is 1. The van der Waals surface area contributed by atoms with Gasteiger partial charge in [-0.2, -0.15) is 0 Å². The van der Waals surface area contributed by atoms with Gasteiger partial charge in [-0.15, -0.1) is 11.3 Å². The lowest BCUT2D eigenvalue weighted by Gasteiger charge is -2.39. The van der Waals surface area contributed by atoms with Crippen molar-refractivity contribution in [2.45, 2.75) is 25.3 Å². The van der Waals surface area contributed by atoms with Crippen LogP contribution in [0.1, 0.15) is 28.1 Å². The number of nitrogens with zero attached hydrogens (tertiary/aromatic N) is 2. The number of anilines is 2. The molecule has 10 heteroatoms. The van der Waals surface area contributed by atoms with Gasteiger partial charge in [0, 0.05) is 31.0 Å². The first kappa shape index (κ1) is 23.7. The first-order valence-corrected chi connectivity index (χ1v) is 12.0. The van der Waals surface area contributed by atoms with Gasteiger partial charge in [-0.25, -0.2) is 0 Å². The second-order valence-corrected chi connectivity index (χ2v) is 10.2. The van der Waals surface area contributed by atoms with Crippen LogP contribution in [-0.4, -0.2) is 68.1 Å². The number of thiophene rings is 1. The zero-order chi connectivity index (χ0) is 23.6. The Bertz CT molecular complexity index is 1060. The number of carbonyl (C=O) groups excluding carboxylic acids is 3. The summed E-state index contributed by atoms with van der Waals surface area (Å²) in [5.41, 5.74) is 1.27. The van der Waals surface area contributed by atoms with Crippen molar-refractivity contribution in [2.75, 3.05) is 50.1 Å². The van der Waals surface area contributed by atoms with Crippen LogP contribution in [0.3, 0.4) is 0 Å². The molecule has 2 aliphatic rings. The van der Waals surface area contributed by atoms with Gasteiger partial charge in [-0.05, 0) is 62.7 Å². The molecule has 0 spiro atoms. The van der Waals surface area contributed by atoms with Crippen LogP contribution in [-0.2, 0) is 14.3 Å². The van der Waals surface area contributed by atoms with Crippen LogP contribution in [0.15, 0.2) is 30.3 Å². The Labute approximate surface area is 201 Å². The summed E-state index contributed by atoms with van der Waals surface area (Å²) in [6.07, 6.45) is 0.999. The van der Waals surface area contributed by atoms with Crippen LogP contribution in [0.5, 0.6) is 0 Å². The van der Waals surface area contributed by atoms with Crippen molar-refractivity contribution >= 4 is 52.0 Å². The number of hydrogen-bond acceptors (Lipinski definition) is 6. The summed E-state index contributed by atoms with van der Waals surface area (Å²) in [5.74, 6) is -0.632. The molecule has 0 atom stereocenters. The van der Waals surface area contributed by atoms with E-state index in [0.29, 0.717) is 54.0 Å². The van der Waals surface area contributed by atoms with E-state index in [0.717, 1.165) is 11.3 Å². The lowest BCUT2D eigenvalue weighted by Crippen LogP contribution is -2.61. The van der Waals surface area contributed by atoms with Crippen molar-refractivity contribution in [3.05, 3.63) is 45.1 Å². The fourth-order valence-electron chi connectivity index (χ4n) is 4.18. The summed E-state index contributed by atoms with van der Waals surface area (Å²) >= 11 is 7.17. The highest BCUT2D eigenvalue weighted by Gasteiger charge is 2.42. The Morgan fingerprint density at radius 1 is 1.15 bits per heavy atom. The fraction of sp³-hybridized carbons (Fsp3) is 0.435. The largest absolute Gasteiger partial charge is 0.370 e. The fourth-order valence-corrected chi connectivity index (χ4v) is 5.12. The summed E-state index contributed by atoms with van der Waals surface area (Å²) in [6, 6.07) is 8.80. The van der Waals surface area contributed by atoms with Gasteiger partial charge >= 0.3 is 0 Å². The van der Waals surface area contributed by atoms with Gasteiger partial charge in [0.05, 0.1) is 15.8 Å². The first-order valence-electron chi connectivity index (χ1n) is 10.8. The molecule has 176 valence electrons. The van der Waals surface area contributed by atoms with Gasteiger partial charge in [0.2, 0.25) is 5.91 Å². The second kappa shape index (κ2) is 9.80. The maximum absolute atomic E-state index is 13.5. The van der Waals surface area contributed by atoms with Crippen molar-refractivity contribution in [3.63, 3.8) is 0 Å². The van der Waals surface area contributed by atoms with Crippen molar-refractivity contribution in [3.8, 4) is 0 Å². The van der Waals surface area contributed by atoms with Crippen LogP contribution < -0.4 is 15.5 Å². The average Bonchev–Trinajstić information content (AvgIpc) is 3.23. The highest BCUT2D eigenvalue weighted by molar-refractivity contribution is 7.18. The van der Waals surface area contributed by atoms with E-state index >= 15 is 0 Å². The highest BCUT2D eigenvalue weighted by Crippen LogP contribution is 2.29. The minimum atomic E-state index is -1.02. The van der Waals surface area contributed by atoms with Gasteiger partial charge in [-0.1, -0.05) is 11.6 Å². The predicted molar refractivity (Wildman–Crippen MR) is 129 cm³/mol. The first-order chi connectivity index (χ1) is 15.8. The van der Waals surface area contributed by atoms with E-state index in [2.05, 4.69) is 15.5 Å². The minimum absolute atomic E-state index is 0.0735. The second-order valence-electron chi connectivity index (χ2n) is 8.50. The lowest BCUT2D eigenvalue weighted by molar-refractivity contribution is -0.126. The molecule has 1 aromatic carbocycles. The minimum Gasteiger partial charge on any atom is -0.370 e. The number of likely N-dealkylation sites (tertiary alicyclic amines) is 1. The molecule has 33 heavy (non-hydrogen) atoms. The zero-order valence-electron chi connectivity index (χ0n) is 18.7. The molecule has 3 amide bonds. The predicted octanol–water partition coefficient (Wildman–Crippen LogP) is 2.91. The van der Waals surface area contributed by atoms with Gasteiger partial charge < -0.3 is 25.2 Å². The molecule has 3 heterocycles. The van der Waals surface area contributed by atoms with Crippen molar-refractivity contribution in [1.29, 1.82) is 0 Å². The number of nitrogens with one attached hydrogen (secondary N) is 2. The highest BCUT2D eigenvalue weighted by atomic mass is 35.5. The third-order valence-electron chi connectivity index (χ3n) is 6.16. The van der Waals surface area contributed by atoms with Crippen molar-refractivity contribution < 1.29 is 19.1 Å². The Morgan fingerprint density at radius 3 is 2.55 bits per heavy atom. The van der Waals surface area contributed by atoms with Gasteiger partial charge in [-0.3, -0.25) is 14.4 Å². The molecular weight excluding hydrogens is 464 g/mol. The topological polar surface area (TPSA) is 91.0 Å². The molecule has 0 unspecified atom stereocenters. The van der Waals surface area contributed by atoms with E-state index in [-0.39, 0.29) is 24.3 Å². The maximum atomic E-state index is 13.5. The summed E-state index contributed by atoms with van der Waals surface area (Å²) in [4.78, 5) is 42.8. The Kier molecular flexibility index (Phi) is 7.04. The molecule has 0 saturated carbocycles. The Balaban J connectivity index is 1.52. The van der Waals surface area contributed by atoms with E-state index in [1.165, 1.54) is 11.3 Å². The molecule has 2 aromatic rings.